The Balaban J connectivity index is 2.18. The van der Waals surface area contributed by atoms with E-state index in [1.54, 1.807) is 30.0 Å². The van der Waals surface area contributed by atoms with E-state index in [9.17, 15) is 9.65 Å². The van der Waals surface area contributed by atoms with Gasteiger partial charge in [-0.25, -0.2) is 9.07 Å². The Morgan fingerprint density at radius 2 is 2.00 bits per heavy atom. The van der Waals surface area contributed by atoms with Crippen molar-refractivity contribution in [3.8, 4) is 28.6 Å². The van der Waals surface area contributed by atoms with Gasteiger partial charge in [0, 0.05) is 22.7 Å². The molecule has 3 aromatic rings. The first kappa shape index (κ1) is 16.4. The van der Waals surface area contributed by atoms with Crippen molar-refractivity contribution in [1.82, 2.24) is 9.78 Å². The molecule has 0 saturated carbocycles. The maximum absolute atomic E-state index is 13.1. The van der Waals surface area contributed by atoms with E-state index < -0.39 is 0 Å². The fourth-order valence-corrected chi connectivity index (χ4v) is 3.05. The summed E-state index contributed by atoms with van der Waals surface area (Å²) >= 11 is 3.50. The van der Waals surface area contributed by atoms with Gasteiger partial charge in [0.15, 0.2) is 0 Å². The van der Waals surface area contributed by atoms with Crippen LogP contribution in [0.2, 0.25) is 0 Å². The Labute approximate surface area is 147 Å². The molecule has 0 bridgehead atoms. The third-order valence-corrected chi connectivity index (χ3v) is 4.22. The van der Waals surface area contributed by atoms with Gasteiger partial charge in [0.05, 0.1) is 23.0 Å². The standard InChI is InChI=1S/C18H13BrFN3O/c1-24-11-23-17(18-13(10-21)3-2-4-15(18)19)9-16(22-23)12-5-7-14(20)8-6-12/h2-9H,11H2,1H3. The molecule has 0 radical (unpaired) electrons. The number of hydrogen-bond acceptors (Lipinski definition) is 3. The highest BCUT2D eigenvalue weighted by Gasteiger charge is 2.17. The van der Waals surface area contributed by atoms with Crippen molar-refractivity contribution < 1.29 is 9.13 Å². The molecule has 0 aliphatic carbocycles. The summed E-state index contributed by atoms with van der Waals surface area (Å²) in [4.78, 5) is 0. The van der Waals surface area contributed by atoms with Gasteiger partial charge in [0.2, 0.25) is 0 Å². The first-order valence-electron chi connectivity index (χ1n) is 7.15. The van der Waals surface area contributed by atoms with E-state index in [4.69, 9.17) is 4.74 Å². The van der Waals surface area contributed by atoms with Gasteiger partial charge in [-0.15, -0.1) is 0 Å². The number of benzene rings is 2. The number of methoxy groups -OCH3 is 1. The molecule has 1 heterocycles. The molecule has 120 valence electrons. The molecule has 0 aliphatic heterocycles. The van der Waals surface area contributed by atoms with E-state index in [0.29, 0.717) is 11.3 Å². The Morgan fingerprint density at radius 3 is 2.67 bits per heavy atom. The molecule has 0 unspecified atom stereocenters. The summed E-state index contributed by atoms with van der Waals surface area (Å²) in [7, 11) is 1.58. The van der Waals surface area contributed by atoms with Crippen LogP contribution < -0.4 is 0 Å². The van der Waals surface area contributed by atoms with E-state index >= 15 is 0 Å². The molecule has 3 rings (SSSR count). The second kappa shape index (κ2) is 6.95. The third-order valence-electron chi connectivity index (χ3n) is 3.56. The second-order valence-electron chi connectivity index (χ2n) is 5.11. The van der Waals surface area contributed by atoms with Crippen LogP contribution in [0.5, 0.6) is 0 Å². The summed E-state index contributed by atoms with van der Waals surface area (Å²) in [5.74, 6) is -0.298. The summed E-state index contributed by atoms with van der Waals surface area (Å²) in [6, 6.07) is 15.6. The molecule has 0 saturated heterocycles. The lowest BCUT2D eigenvalue weighted by Crippen LogP contribution is -2.05. The number of ether oxygens (including phenoxy) is 1. The van der Waals surface area contributed by atoms with Gasteiger partial charge in [-0.05, 0) is 42.5 Å². The average molecular weight is 386 g/mol. The highest BCUT2D eigenvalue weighted by molar-refractivity contribution is 9.10. The maximum Gasteiger partial charge on any atom is 0.139 e. The van der Waals surface area contributed by atoms with Gasteiger partial charge in [0.25, 0.3) is 0 Å². The van der Waals surface area contributed by atoms with E-state index in [1.807, 2.05) is 18.2 Å². The lowest BCUT2D eigenvalue weighted by atomic mass is 10.0. The van der Waals surface area contributed by atoms with Crippen LogP contribution in [0.15, 0.2) is 53.0 Å². The van der Waals surface area contributed by atoms with Gasteiger partial charge in [-0.1, -0.05) is 22.0 Å². The second-order valence-corrected chi connectivity index (χ2v) is 5.97. The minimum atomic E-state index is -0.298. The molecule has 4 nitrogen and oxygen atoms in total. The van der Waals surface area contributed by atoms with E-state index in [2.05, 4.69) is 27.1 Å². The number of rotatable bonds is 4. The molecule has 0 atom stereocenters. The zero-order valence-electron chi connectivity index (χ0n) is 12.8. The number of halogens is 2. The van der Waals surface area contributed by atoms with E-state index in [0.717, 1.165) is 21.3 Å². The molecule has 6 heteroatoms. The molecule has 0 spiro atoms. The van der Waals surface area contributed by atoms with Gasteiger partial charge in [0.1, 0.15) is 12.5 Å². The maximum atomic E-state index is 13.1. The molecule has 0 aliphatic rings. The van der Waals surface area contributed by atoms with Crippen molar-refractivity contribution in [1.29, 1.82) is 5.26 Å². The zero-order valence-corrected chi connectivity index (χ0v) is 14.4. The van der Waals surface area contributed by atoms with Crippen LogP contribution in [0.1, 0.15) is 5.56 Å². The monoisotopic (exact) mass is 385 g/mol. The van der Waals surface area contributed by atoms with Crippen LogP contribution in [0.4, 0.5) is 4.39 Å². The summed E-state index contributed by atoms with van der Waals surface area (Å²) in [6.07, 6.45) is 0. The third kappa shape index (κ3) is 3.09. The summed E-state index contributed by atoms with van der Waals surface area (Å²) in [6.45, 7) is 0.239. The van der Waals surface area contributed by atoms with Crippen molar-refractivity contribution >= 4 is 15.9 Å². The van der Waals surface area contributed by atoms with E-state index in [1.165, 1.54) is 12.1 Å². The van der Waals surface area contributed by atoms with Crippen molar-refractivity contribution in [3.05, 3.63) is 64.4 Å². The largest absolute Gasteiger partial charge is 0.362 e. The Morgan fingerprint density at radius 1 is 1.25 bits per heavy atom. The van der Waals surface area contributed by atoms with Crippen molar-refractivity contribution in [2.75, 3.05) is 7.11 Å². The fraction of sp³-hybridized carbons (Fsp3) is 0.111. The van der Waals surface area contributed by atoms with Crippen LogP contribution in [0, 0.1) is 17.1 Å². The van der Waals surface area contributed by atoms with Crippen LogP contribution in [-0.2, 0) is 11.5 Å². The molecule has 1 aromatic heterocycles. The Bertz CT molecular complexity index is 913. The minimum absolute atomic E-state index is 0.239. The molecule has 24 heavy (non-hydrogen) atoms. The van der Waals surface area contributed by atoms with Gasteiger partial charge >= 0.3 is 0 Å². The van der Waals surface area contributed by atoms with Crippen molar-refractivity contribution in [2.24, 2.45) is 0 Å². The summed E-state index contributed by atoms with van der Waals surface area (Å²) in [5.41, 5.74) is 3.50. The normalized spacial score (nSPS) is 10.6. The first-order chi connectivity index (χ1) is 11.6. The number of nitrogens with zero attached hydrogens (tertiary/aromatic N) is 3. The number of hydrogen-bond donors (Lipinski definition) is 0. The molecule has 0 fully saturated rings. The Hall–Kier alpha value is -2.49. The Kier molecular flexibility index (Phi) is 4.74. The predicted octanol–water partition coefficient (Wildman–Crippen LogP) is 4.59. The molecular formula is C18H13BrFN3O. The van der Waals surface area contributed by atoms with Crippen molar-refractivity contribution in [2.45, 2.75) is 6.73 Å². The van der Waals surface area contributed by atoms with Gasteiger partial charge < -0.3 is 4.74 Å². The smallest absolute Gasteiger partial charge is 0.139 e. The molecule has 0 amide bonds. The van der Waals surface area contributed by atoms with E-state index in [-0.39, 0.29) is 12.5 Å². The lowest BCUT2D eigenvalue weighted by molar-refractivity contribution is 0.122. The summed E-state index contributed by atoms with van der Waals surface area (Å²) < 4.78 is 20.8. The SMILES string of the molecule is COCn1nc(-c2ccc(F)cc2)cc1-c1c(Br)cccc1C#N. The highest BCUT2D eigenvalue weighted by atomic mass is 79.9. The quantitative estimate of drug-likeness (QED) is 0.659. The highest BCUT2D eigenvalue weighted by Crippen LogP contribution is 2.34. The molecular weight excluding hydrogens is 373 g/mol. The predicted molar refractivity (Wildman–Crippen MR) is 92.5 cm³/mol. The van der Waals surface area contributed by atoms with Crippen molar-refractivity contribution in [3.63, 3.8) is 0 Å². The van der Waals surface area contributed by atoms with Crippen LogP contribution >= 0.6 is 15.9 Å². The zero-order chi connectivity index (χ0) is 17.1. The topological polar surface area (TPSA) is 50.8 Å². The van der Waals surface area contributed by atoms with Crippen LogP contribution in [0.25, 0.3) is 22.5 Å². The van der Waals surface area contributed by atoms with Gasteiger partial charge in [-0.3, -0.25) is 0 Å². The summed E-state index contributed by atoms with van der Waals surface area (Å²) in [5, 5.41) is 13.9. The van der Waals surface area contributed by atoms with Gasteiger partial charge in [-0.2, -0.15) is 10.4 Å². The number of aromatic nitrogens is 2. The minimum Gasteiger partial charge on any atom is -0.362 e. The molecule has 2 aromatic carbocycles. The molecule has 0 N–H and O–H groups in total. The average Bonchev–Trinajstić information content (AvgIpc) is 2.99. The fourth-order valence-electron chi connectivity index (χ4n) is 2.48. The lowest BCUT2D eigenvalue weighted by Gasteiger charge is -2.09. The van der Waals surface area contributed by atoms with Crippen LogP contribution in [-0.4, -0.2) is 16.9 Å². The van der Waals surface area contributed by atoms with Crippen LogP contribution in [0.3, 0.4) is 0 Å². The number of nitriles is 1. The first-order valence-corrected chi connectivity index (χ1v) is 7.95.